The van der Waals surface area contributed by atoms with E-state index in [1.54, 1.807) is 0 Å². The molecule has 0 bridgehead atoms. The van der Waals surface area contributed by atoms with Crippen molar-refractivity contribution >= 4 is 40.2 Å². The molecule has 8 heteroatoms. The van der Waals surface area contributed by atoms with Crippen molar-refractivity contribution in [3.8, 4) is 0 Å². The maximum Gasteiger partial charge on any atom is 1.00 e. The van der Waals surface area contributed by atoms with Crippen LogP contribution in [0.25, 0.3) is 0 Å². The van der Waals surface area contributed by atoms with Crippen LogP contribution in [0, 0.1) is 5.25 Å². The molecule has 0 spiro atoms. The zero-order chi connectivity index (χ0) is 13.4. The van der Waals surface area contributed by atoms with Crippen molar-refractivity contribution in [3.63, 3.8) is 0 Å². The van der Waals surface area contributed by atoms with Crippen LogP contribution in [0.1, 0.15) is 13.8 Å². The van der Waals surface area contributed by atoms with Crippen molar-refractivity contribution < 1.29 is 48.6 Å². The number of ether oxygens (including phenoxy) is 2. The molecule has 0 atom stereocenters. The van der Waals surface area contributed by atoms with Crippen molar-refractivity contribution in [2.45, 2.75) is 13.8 Å². The van der Waals surface area contributed by atoms with Gasteiger partial charge in [-0.15, -0.1) is 5.25 Å². The molecule has 5 nitrogen and oxygen atoms in total. The summed E-state index contributed by atoms with van der Waals surface area (Å²) in [4.78, 5) is 24.6. The van der Waals surface area contributed by atoms with E-state index in [0.29, 0.717) is 17.4 Å². The molecule has 0 amide bonds. The molecule has 0 aromatic carbocycles. The fraction of sp³-hybridized carbons (Fsp3) is 0.600. The molecular weight excluding hydrogens is 285 g/mol. The zero-order valence-corrected chi connectivity index (χ0v) is 14.9. The van der Waals surface area contributed by atoms with Gasteiger partial charge in [-0.2, -0.15) is 0 Å². The van der Waals surface area contributed by atoms with Gasteiger partial charge in [-0.05, 0) is 13.8 Å². The van der Waals surface area contributed by atoms with E-state index < -0.39 is 11.9 Å². The summed E-state index contributed by atoms with van der Waals surface area (Å²) in [7, 11) is 2.40. The molecule has 0 rings (SSSR count). The van der Waals surface area contributed by atoms with E-state index in [0.717, 1.165) is 11.8 Å². The van der Waals surface area contributed by atoms with E-state index >= 15 is 0 Å². The Bertz CT molecular complexity index is 282. The molecule has 0 aliphatic heterocycles. The minimum absolute atomic E-state index is 0. The number of hydrogen-bond donors (Lipinski definition) is 0. The van der Waals surface area contributed by atoms with Gasteiger partial charge in [0.1, 0.15) is 4.32 Å². The number of nitrogens with zero attached hydrogens (tertiary/aromatic N) is 1. The van der Waals surface area contributed by atoms with Gasteiger partial charge in [0, 0.05) is 13.1 Å². The molecule has 0 N–H and O–H groups in total. The Labute approximate surface area is 139 Å². The number of rotatable bonds is 5. The number of esters is 2. The van der Waals surface area contributed by atoms with Crippen LogP contribution in [0.5, 0.6) is 0 Å². The largest absolute Gasteiger partial charge is 1.00 e. The molecule has 0 unspecified atom stereocenters. The van der Waals surface area contributed by atoms with Crippen molar-refractivity contribution in [2.75, 3.05) is 27.3 Å². The van der Waals surface area contributed by atoms with Gasteiger partial charge < -0.3 is 14.4 Å². The molecule has 0 aliphatic rings. The number of methoxy groups -OCH3 is 2. The molecule has 98 valence electrons. The standard InChI is InChI=1S/C10H16NO4S2.Na/c1-5-11(6-2)10(16)17-7(8(12)14-3)9(13)15-4;/h5-6H2,1-4H3;/q-1;+1. The number of carbonyl (C=O) groups is 2. The number of thioether (sulfide) groups is 1. The van der Waals surface area contributed by atoms with Gasteiger partial charge in [-0.3, -0.25) is 9.59 Å². The molecular formula is C10H16NNaO4S2. The molecule has 0 aromatic rings. The summed E-state index contributed by atoms with van der Waals surface area (Å²) >= 11 is 6.03. The fourth-order valence-electron chi connectivity index (χ4n) is 0.986. The molecule has 0 fully saturated rings. The molecule has 0 heterocycles. The fourth-order valence-corrected chi connectivity index (χ4v) is 2.39. The maximum absolute atomic E-state index is 11.4. The minimum atomic E-state index is -0.739. The van der Waals surface area contributed by atoms with Crippen molar-refractivity contribution in [1.82, 2.24) is 4.90 Å². The Morgan fingerprint density at radius 1 is 1.17 bits per heavy atom. The van der Waals surface area contributed by atoms with Gasteiger partial charge in [0.15, 0.2) is 11.9 Å². The third-order valence-corrected chi connectivity index (χ3v) is 3.43. The Morgan fingerprint density at radius 2 is 1.56 bits per heavy atom. The van der Waals surface area contributed by atoms with Crippen LogP contribution in [-0.4, -0.2) is 48.5 Å². The van der Waals surface area contributed by atoms with E-state index in [4.69, 9.17) is 12.2 Å². The second kappa shape index (κ2) is 10.9. The summed E-state index contributed by atoms with van der Waals surface area (Å²) in [6, 6.07) is 0. The molecule has 0 saturated carbocycles. The van der Waals surface area contributed by atoms with Crippen LogP contribution in [-0.2, 0) is 19.1 Å². The molecule has 0 saturated heterocycles. The van der Waals surface area contributed by atoms with Crippen LogP contribution in [0.15, 0.2) is 0 Å². The molecule has 0 aromatic heterocycles. The average molecular weight is 301 g/mol. The number of carbonyl (C=O) groups excluding carboxylic acids is 2. The molecule has 18 heavy (non-hydrogen) atoms. The smallest absolute Gasteiger partial charge is 0.490 e. The first-order valence-electron chi connectivity index (χ1n) is 5.02. The van der Waals surface area contributed by atoms with E-state index in [1.807, 2.05) is 18.7 Å². The van der Waals surface area contributed by atoms with Crippen LogP contribution >= 0.6 is 24.0 Å². The third kappa shape index (κ3) is 6.29. The summed E-state index contributed by atoms with van der Waals surface area (Å²) in [5.41, 5.74) is 0. The second-order valence-corrected chi connectivity index (χ2v) is 4.50. The van der Waals surface area contributed by atoms with Crippen molar-refractivity contribution in [2.24, 2.45) is 0 Å². The first-order chi connectivity index (χ1) is 8.01. The first kappa shape index (κ1) is 20.4. The third-order valence-electron chi connectivity index (χ3n) is 1.95. The Morgan fingerprint density at radius 3 is 1.83 bits per heavy atom. The summed E-state index contributed by atoms with van der Waals surface area (Å²) < 4.78 is 9.46. The van der Waals surface area contributed by atoms with Crippen LogP contribution in [0.3, 0.4) is 0 Å². The van der Waals surface area contributed by atoms with Gasteiger partial charge >= 0.3 is 29.6 Å². The Hall–Kier alpha value is 0.0500. The first-order valence-corrected chi connectivity index (χ1v) is 6.24. The molecule has 0 radical (unpaired) electrons. The van der Waals surface area contributed by atoms with E-state index in [1.165, 1.54) is 14.2 Å². The van der Waals surface area contributed by atoms with Crippen molar-refractivity contribution in [1.29, 1.82) is 0 Å². The SMILES string of the molecule is CCN(CC)C(=S)S[C-](C(=O)OC)C(=O)OC.[Na+]. The predicted molar refractivity (Wildman–Crippen MR) is 70.4 cm³/mol. The number of hydrogen-bond acceptors (Lipinski definition) is 6. The van der Waals surface area contributed by atoms with Crippen LogP contribution in [0.2, 0.25) is 0 Å². The zero-order valence-electron chi connectivity index (χ0n) is 11.3. The van der Waals surface area contributed by atoms with Gasteiger partial charge in [0.25, 0.3) is 0 Å². The van der Waals surface area contributed by atoms with E-state index in [-0.39, 0.29) is 34.8 Å². The van der Waals surface area contributed by atoms with E-state index in [9.17, 15) is 9.59 Å². The van der Waals surface area contributed by atoms with Gasteiger partial charge in [-0.25, -0.2) is 11.8 Å². The quantitative estimate of drug-likeness (QED) is 0.196. The maximum atomic E-state index is 11.4. The van der Waals surface area contributed by atoms with Gasteiger partial charge in [0.2, 0.25) is 0 Å². The topological polar surface area (TPSA) is 55.8 Å². The summed E-state index contributed by atoms with van der Waals surface area (Å²) in [5.74, 6) is -1.48. The predicted octanol–water partition coefficient (Wildman–Crippen LogP) is -1.77. The van der Waals surface area contributed by atoms with Crippen LogP contribution in [0.4, 0.5) is 0 Å². The number of thiocarbonyl (C=S) groups is 1. The Kier molecular flexibility index (Phi) is 12.4. The summed E-state index contributed by atoms with van der Waals surface area (Å²) in [6.07, 6.45) is 0. The average Bonchev–Trinajstić information content (AvgIpc) is 2.35. The normalized spacial score (nSPS) is 8.89. The van der Waals surface area contributed by atoms with Crippen molar-refractivity contribution in [3.05, 3.63) is 5.25 Å². The summed E-state index contributed by atoms with van der Waals surface area (Å²) in [6.45, 7) is 5.29. The second-order valence-electron chi connectivity index (χ2n) is 2.85. The van der Waals surface area contributed by atoms with Gasteiger partial charge in [0.05, 0.1) is 14.2 Å². The van der Waals surface area contributed by atoms with E-state index in [2.05, 4.69) is 9.47 Å². The molecule has 0 aliphatic carbocycles. The van der Waals surface area contributed by atoms with Crippen LogP contribution < -0.4 is 29.6 Å². The Balaban J connectivity index is 0. The monoisotopic (exact) mass is 301 g/mol. The summed E-state index contributed by atoms with van der Waals surface area (Å²) in [5, 5.41) is -0.160. The van der Waals surface area contributed by atoms with Gasteiger partial charge in [-0.1, -0.05) is 12.2 Å². The minimum Gasteiger partial charge on any atom is -0.490 e.